The fraction of sp³-hybridized carbons (Fsp3) is 0.458. The van der Waals surface area contributed by atoms with E-state index in [0.29, 0.717) is 30.9 Å². The lowest BCUT2D eigenvalue weighted by Gasteiger charge is -2.31. The Kier molecular flexibility index (Phi) is 6.69. The first-order valence-corrected chi connectivity index (χ1v) is 13.0. The van der Waals surface area contributed by atoms with Gasteiger partial charge in [0, 0.05) is 12.6 Å². The number of carboxylic acid groups (broad SMARTS) is 1. The molecule has 0 spiro atoms. The van der Waals surface area contributed by atoms with E-state index in [2.05, 4.69) is 4.90 Å². The molecule has 9 heteroatoms. The highest BCUT2D eigenvalue weighted by atomic mass is 32.2. The van der Waals surface area contributed by atoms with E-state index in [1.165, 1.54) is 0 Å². The first kappa shape index (κ1) is 23.2. The molecule has 0 unspecified atom stereocenters. The third kappa shape index (κ3) is 5.71. The van der Waals surface area contributed by atoms with Gasteiger partial charge in [0.1, 0.15) is 29.5 Å². The molecule has 0 saturated heterocycles. The van der Waals surface area contributed by atoms with Gasteiger partial charge in [-0.3, -0.25) is 0 Å². The summed E-state index contributed by atoms with van der Waals surface area (Å²) in [6, 6.07) is 12.6. The van der Waals surface area contributed by atoms with Crippen LogP contribution < -0.4 is 23.7 Å². The van der Waals surface area contributed by atoms with E-state index in [4.69, 9.17) is 13.7 Å². The minimum absolute atomic E-state index is 0.235. The Morgan fingerprint density at radius 1 is 1.12 bits per heavy atom. The van der Waals surface area contributed by atoms with Crippen LogP contribution in [0.3, 0.4) is 0 Å². The first-order valence-electron chi connectivity index (χ1n) is 11.1. The molecule has 0 amide bonds. The second-order valence-electron chi connectivity index (χ2n) is 8.59. The Bertz CT molecular complexity index is 1090. The molecule has 2 aromatic carbocycles. The Morgan fingerprint density at radius 3 is 2.48 bits per heavy atom. The third-order valence-corrected chi connectivity index (χ3v) is 6.55. The molecule has 0 radical (unpaired) electrons. The molecule has 8 nitrogen and oxygen atoms in total. The number of ether oxygens (including phenoxy) is 2. The van der Waals surface area contributed by atoms with Crippen LogP contribution in [0.1, 0.15) is 37.7 Å². The number of aryl methyl sites for hydroxylation is 1. The molecule has 33 heavy (non-hydrogen) atoms. The van der Waals surface area contributed by atoms with Crippen LogP contribution in [0.4, 0.5) is 5.69 Å². The number of carbonyl (C=O) groups is 1. The highest BCUT2D eigenvalue weighted by Crippen LogP contribution is 2.36. The van der Waals surface area contributed by atoms with Gasteiger partial charge in [0.05, 0.1) is 24.5 Å². The summed E-state index contributed by atoms with van der Waals surface area (Å²) in [7, 11) is -3.59. The van der Waals surface area contributed by atoms with Crippen molar-refractivity contribution in [1.82, 2.24) is 0 Å². The van der Waals surface area contributed by atoms with Gasteiger partial charge in [0.15, 0.2) is 0 Å². The Labute approximate surface area is 194 Å². The highest BCUT2D eigenvalue weighted by Gasteiger charge is 2.37. The van der Waals surface area contributed by atoms with Gasteiger partial charge in [-0.25, -0.2) is 0 Å². The van der Waals surface area contributed by atoms with Gasteiger partial charge in [0.25, 0.3) is 0 Å². The number of hydrogen-bond acceptors (Lipinski definition) is 8. The SMILES string of the molecule is CS(=O)(=O)Oc1ccc2c(c1)OCCN2CCCc1ccc(OC2(C(=O)[O-])CCCC2)cc1. The smallest absolute Gasteiger partial charge is 0.306 e. The molecule has 4 rings (SSSR count). The molecular formula is C24H28NO7S-. The lowest BCUT2D eigenvalue weighted by Crippen LogP contribution is -2.50. The number of benzene rings is 2. The summed E-state index contributed by atoms with van der Waals surface area (Å²) < 4.78 is 39.2. The Morgan fingerprint density at radius 2 is 1.82 bits per heavy atom. The quantitative estimate of drug-likeness (QED) is 0.510. The summed E-state index contributed by atoms with van der Waals surface area (Å²) in [5.41, 5.74) is 0.855. The van der Waals surface area contributed by atoms with Gasteiger partial charge in [-0.05, 0) is 68.4 Å². The van der Waals surface area contributed by atoms with Crippen LogP contribution >= 0.6 is 0 Å². The average molecular weight is 475 g/mol. The van der Waals surface area contributed by atoms with Gasteiger partial charge in [0.2, 0.25) is 0 Å². The van der Waals surface area contributed by atoms with Crippen LogP contribution in [-0.4, -0.2) is 45.9 Å². The van der Waals surface area contributed by atoms with Crippen LogP contribution in [0.5, 0.6) is 17.2 Å². The number of fused-ring (bicyclic) bond motifs is 1. The fourth-order valence-electron chi connectivity index (χ4n) is 4.43. The first-order chi connectivity index (χ1) is 15.7. The van der Waals surface area contributed by atoms with Crippen molar-refractivity contribution in [1.29, 1.82) is 0 Å². The van der Waals surface area contributed by atoms with Crippen molar-refractivity contribution in [3.05, 3.63) is 48.0 Å². The van der Waals surface area contributed by atoms with E-state index >= 15 is 0 Å². The summed E-state index contributed by atoms with van der Waals surface area (Å²) in [5.74, 6) is 0.264. The van der Waals surface area contributed by atoms with Gasteiger partial charge in [-0.2, -0.15) is 8.42 Å². The molecule has 1 aliphatic heterocycles. The maximum Gasteiger partial charge on any atom is 0.306 e. The van der Waals surface area contributed by atoms with Crippen molar-refractivity contribution in [2.45, 2.75) is 44.1 Å². The van der Waals surface area contributed by atoms with Gasteiger partial charge in [-0.15, -0.1) is 0 Å². The fourth-order valence-corrected chi connectivity index (χ4v) is 4.89. The van der Waals surface area contributed by atoms with Crippen molar-refractivity contribution in [2.24, 2.45) is 0 Å². The molecule has 1 heterocycles. The molecule has 0 aromatic heterocycles. The van der Waals surface area contributed by atoms with E-state index < -0.39 is 21.7 Å². The molecule has 0 atom stereocenters. The van der Waals surface area contributed by atoms with Crippen LogP contribution in [0, 0.1) is 0 Å². The number of carbonyl (C=O) groups excluding carboxylic acids is 1. The summed E-state index contributed by atoms with van der Waals surface area (Å²) >= 11 is 0. The standard InChI is InChI=1S/C24H29NO7S/c1-33(28,29)32-20-10-11-21-22(17-20)30-16-15-25(21)14-4-5-18-6-8-19(9-7-18)31-24(23(26)27)12-2-3-13-24/h6-11,17H,2-5,12-16H2,1H3,(H,26,27)/p-1. The minimum atomic E-state index is -3.59. The van der Waals surface area contributed by atoms with Crippen molar-refractivity contribution in [3.63, 3.8) is 0 Å². The lowest BCUT2D eigenvalue weighted by molar-refractivity contribution is -0.322. The van der Waals surface area contributed by atoms with E-state index in [0.717, 1.165) is 56.3 Å². The maximum atomic E-state index is 11.6. The number of aliphatic carboxylic acids is 1. The molecule has 178 valence electrons. The van der Waals surface area contributed by atoms with Crippen LogP contribution in [0.15, 0.2) is 42.5 Å². The highest BCUT2D eigenvalue weighted by molar-refractivity contribution is 7.86. The van der Waals surface area contributed by atoms with E-state index in [9.17, 15) is 18.3 Å². The van der Waals surface area contributed by atoms with Crippen LogP contribution in [0.2, 0.25) is 0 Å². The van der Waals surface area contributed by atoms with Gasteiger partial charge >= 0.3 is 10.1 Å². The number of nitrogens with zero attached hydrogens (tertiary/aromatic N) is 1. The monoisotopic (exact) mass is 474 g/mol. The average Bonchev–Trinajstić information content (AvgIpc) is 3.24. The number of carboxylic acids is 1. The van der Waals surface area contributed by atoms with Crippen LogP contribution in [0.25, 0.3) is 0 Å². The largest absolute Gasteiger partial charge is 0.546 e. The second-order valence-corrected chi connectivity index (χ2v) is 10.2. The molecule has 0 bridgehead atoms. The predicted octanol–water partition coefficient (Wildman–Crippen LogP) is 2.30. The van der Waals surface area contributed by atoms with Crippen molar-refractivity contribution in [3.8, 4) is 17.2 Å². The summed E-state index contributed by atoms with van der Waals surface area (Å²) in [4.78, 5) is 13.8. The third-order valence-electron chi connectivity index (χ3n) is 6.05. The zero-order valence-corrected chi connectivity index (χ0v) is 19.4. The Balaban J connectivity index is 1.32. The maximum absolute atomic E-state index is 11.6. The van der Waals surface area contributed by atoms with Crippen molar-refractivity contribution in [2.75, 3.05) is 30.9 Å². The molecule has 1 fully saturated rings. The zero-order valence-electron chi connectivity index (χ0n) is 18.6. The molecule has 0 N–H and O–H groups in total. The number of rotatable bonds is 9. The molecule has 1 saturated carbocycles. The normalized spacial score (nSPS) is 17.2. The predicted molar refractivity (Wildman–Crippen MR) is 121 cm³/mol. The topological polar surface area (TPSA) is 105 Å². The van der Waals surface area contributed by atoms with Gasteiger partial charge < -0.3 is 28.5 Å². The van der Waals surface area contributed by atoms with Crippen molar-refractivity contribution >= 4 is 21.8 Å². The Hall–Kier alpha value is -2.94. The van der Waals surface area contributed by atoms with E-state index in [1.807, 2.05) is 30.3 Å². The van der Waals surface area contributed by atoms with E-state index in [-0.39, 0.29) is 5.75 Å². The minimum Gasteiger partial charge on any atom is -0.546 e. The number of anilines is 1. The molecule has 1 aliphatic carbocycles. The number of hydrogen-bond donors (Lipinski definition) is 0. The summed E-state index contributed by atoms with van der Waals surface area (Å²) in [6.45, 7) is 2.08. The zero-order chi connectivity index (χ0) is 23.5. The second kappa shape index (κ2) is 9.51. The van der Waals surface area contributed by atoms with Crippen molar-refractivity contribution < 1.29 is 32.0 Å². The summed E-state index contributed by atoms with van der Waals surface area (Å²) in [6.07, 6.45) is 5.41. The molecule has 2 aromatic rings. The lowest BCUT2D eigenvalue weighted by atomic mass is 10.0. The molecular weight excluding hydrogens is 446 g/mol. The van der Waals surface area contributed by atoms with E-state index in [1.54, 1.807) is 12.1 Å². The summed E-state index contributed by atoms with van der Waals surface area (Å²) in [5, 5.41) is 11.6. The van der Waals surface area contributed by atoms with Crippen LogP contribution in [-0.2, 0) is 21.3 Å². The molecule has 2 aliphatic rings. The van der Waals surface area contributed by atoms with Gasteiger partial charge in [-0.1, -0.05) is 12.1 Å².